The smallest absolute Gasteiger partial charge is 0.274 e. The number of carbonyl (C=O) groups excluding carboxylic acids is 1. The first-order chi connectivity index (χ1) is 15.6. The third-order valence-electron chi connectivity index (χ3n) is 5.14. The summed E-state index contributed by atoms with van der Waals surface area (Å²) in [5.41, 5.74) is 0. The van der Waals surface area contributed by atoms with Crippen LogP contribution in [-0.4, -0.2) is 57.7 Å². The molecule has 2 atom stereocenters. The second kappa shape index (κ2) is 19.8. The highest BCUT2D eigenvalue weighted by Crippen LogP contribution is 2.40. The molecular weight excluding hydrogens is 443 g/mol. The third kappa shape index (κ3) is 23.0. The van der Waals surface area contributed by atoms with E-state index in [1.807, 2.05) is 28.1 Å². The predicted octanol–water partition coefficient (Wildman–Crippen LogP) is 5.11. The molecule has 0 aromatic carbocycles. The van der Waals surface area contributed by atoms with Crippen molar-refractivity contribution in [1.82, 2.24) is 5.32 Å². The minimum atomic E-state index is -4.37. The van der Waals surface area contributed by atoms with E-state index in [1.54, 1.807) is 0 Å². The topological polar surface area (TPSA) is 96.9 Å². The lowest BCUT2D eigenvalue weighted by Gasteiger charge is -2.31. The zero-order valence-electron chi connectivity index (χ0n) is 21.9. The summed E-state index contributed by atoms with van der Waals surface area (Å²) in [5.74, 6) is 0.194. The Morgan fingerprint density at radius 2 is 1.48 bits per heavy atom. The van der Waals surface area contributed by atoms with Crippen LogP contribution < -0.4 is 10.2 Å². The summed E-state index contributed by atoms with van der Waals surface area (Å²) in [6, 6.07) is 0. The maximum Gasteiger partial charge on any atom is 0.274 e. The number of hydrogen-bond donors (Lipinski definition) is 1. The normalized spacial score (nSPS) is 14.7. The summed E-state index contributed by atoms with van der Waals surface area (Å²) in [7, 11) is 1.15. The molecule has 0 aromatic heterocycles. The SMILES string of the molecule is CCCCCC(=O)NCCCCCCCCCCCOC(CC)OP(=O)([O-])OC[N+](C)(C)C. The van der Waals surface area contributed by atoms with E-state index in [0.717, 1.165) is 51.5 Å². The Balaban J connectivity index is 3.57. The Morgan fingerprint density at radius 1 is 0.909 bits per heavy atom. The first kappa shape index (κ1) is 32.5. The molecule has 0 fully saturated rings. The van der Waals surface area contributed by atoms with Gasteiger partial charge in [-0.1, -0.05) is 71.6 Å². The maximum absolute atomic E-state index is 11.9. The first-order valence-corrected chi connectivity index (χ1v) is 14.4. The van der Waals surface area contributed by atoms with Crippen LogP contribution >= 0.6 is 7.82 Å². The molecule has 9 heteroatoms. The highest BCUT2D eigenvalue weighted by atomic mass is 31.2. The largest absolute Gasteiger partial charge is 0.756 e. The van der Waals surface area contributed by atoms with Gasteiger partial charge in [-0.05, 0) is 25.7 Å². The van der Waals surface area contributed by atoms with Gasteiger partial charge in [0.1, 0.15) is 0 Å². The van der Waals surface area contributed by atoms with Crippen LogP contribution in [0, 0.1) is 0 Å². The summed E-state index contributed by atoms with van der Waals surface area (Å²) in [4.78, 5) is 23.5. The Labute approximate surface area is 202 Å². The summed E-state index contributed by atoms with van der Waals surface area (Å²) in [6.45, 7) is 5.28. The van der Waals surface area contributed by atoms with Gasteiger partial charge in [0.2, 0.25) is 5.91 Å². The number of phosphoric acid groups is 1. The van der Waals surface area contributed by atoms with Crippen molar-refractivity contribution in [3.05, 3.63) is 0 Å². The van der Waals surface area contributed by atoms with E-state index in [4.69, 9.17) is 13.8 Å². The van der Waals surface area contributed by atoms with Gasteiger partial charge in [0, 0.05) is 19.6 Å². The van der Waals surface area contributed by atoms with Gasteiger partial charge in [-0.3, -0.25) is 18.4 Å². The molecule has 2 unspecified atom stereocenters. The fourth-order valence-corrected chi connectivity index (χ4v) is 4.22. The number of amides is 1. The molecule has 198 valence electrons. The number of carbonyl (C=O) groups is 1. The molecule has 0 aromatic rings. The zero-order chi connectivity index (χ0) is 25.0. The third-order valence-corrected chi connectivity index (χ3v) is 6.06. The number of nitrogens with zero attached hydrogens (tertiary/aromatic N) is 1. The Hall–Kier alpha value is -0.500. The van der Waals surface area contributed by atoms with Crippen molar-refractivity contribution >= 4 is 13.7 Å². The minimum Gasteiger partial charge on any atom is -0.756 e. The molecular formula is C24H51N2O6P. The van der Waals surface area contributed by atoms with Crippen LogP contribution in [0.5, 0.6) is 0 Å². The maximum atomic E-state index is 11.9. The molecule has 0 bridgehead atoms. The molecule has 0 aliphatic carbocycles. The molecule has 0 heterocycles. The molecule has 0 saturated heterocycles. The van der Waals surface area contributed by atoms with Crippen LogP contribution in [0.2, 0.25) is 0 Å². The van der Waals surface area contributed by atoms with Gasteiger partial charge in [0.15, 0.2) is 13.0 Å². The molecule has 0 spiro atoms. The van der Waals surface area contributed by atoms with Crippen LogP contribution in [-0.2, 0) is 23.1 Å². The summed E-state index contributed by atoms with van der Waals surface area (Å²) >= 11 is 0. The Morgan fingerprint density at radius 3 is 2.03 bits per heavy atom. The monoisotopic (exact) mass is 494 g/mol. The average molecular weight is 495 g/mol. The van der Waals surface area contributed by atoms with Gasteiger partial charge in [0.25, 0.3) is 7.82 Å². The van der Waals surface area contributed by atoms with Crippen LogP contribution in [0.15, 0.2) is 0 Å². The van der Waals surface area contributed by atoms with E-state index in [0.29, 0.717) is 23.9 Å². The number of rotatable bonds is 23. The highest BCUT2D eigenvalue weighted by molar-refractivity contribution is 7.45. The van der Waals surface area contributed by atoms with Gasteiger partial charge in [-0.15, -0.1) is 0 Å². The summed E-state index contributed by atoms with van der Waals surface area (Å²) in [6.07, 6.45) is 13.8. The van der Waals surface area contributed by atoms with E-state index >= 15 is 0 Å². The predicted molar refractivity (Wildman–Crippen MR) is 131 cm³/mol. The van der Waals surface area contributed by atoms with Crippen molar-refractivity contribution in [1.29, 1.82) is 0 Å². The van der Waals surface area contributed by atoms with Crippen LogP contribution in [0.4, 0.5) is 0 Å². The second-order valence-corrected chi connectivity index (χ2v) is 11.2. The van der Waals surface area contributed by atoms with Gasteiger partial charge >= 0.3 is 0 Å². The molecule has 1 N–H and O–H groups in total. The van der Waals surface area contributed by atoms with Gasteiger partial charge in [-0.25, -0.2) is 0 Å². The average Bonchev–Trinajstić information content (AvgIpc) is 2.74. The minimum absolute atomic E-state index is 0.0207. The Kier molecular flexibility index (Phi) is 19.5. The zero-order valence-corrected chi connectivity index (χ0v) is 22.8. The van der Waals surface area contributed by atoms with E-state index in [1.165, 1.54) is 32.1 Å². The standard InChI is InChI=1S/C24H51N2O6P/c1-6-8-16-19-23(27)25-20-17-14-12-10-9-11-13-15-18-21-30-24(7-2)32-33(28,29)31-22-26(3,4)5/h24H,6-22H2,1-5H3,(H-,25,27,28,29). The Bertz CT molecular complexity index is 528. The lowest BCUT2D eigenvalue weighted by molar-refractivity contribution is -0.887. The summed E-state index contributed by atoms with van der Waals surface area (Å²) in [5, 5.41) is 3.01. The quantitative estimate of drug-likeness (QED) is 0.0917. The molecule has 0 radical (unpaired) electrons. The van der Waals surface area contributed by atoms with Crippen molar-refractivity contribution in [2.45, 2.75) is 110 Å². The van der Waals surface area contributed by atoms with Gasteiger partial charge in [-0.2, -0.15) is 0 Å². The van der Waals surface area contributed by atoms with Crippen molar-refractivity contribution < 1.29 is 32.5 Å². The number of nitrogens with one attached hydrogen (secondary N) is 1. The van der Waals surface area contributed by atoms with E-state index < -0.39 is 14.1 Å². The number of ether oxygens (including phenoxy) is 1. The van der Waals surface area contributed by atoms with Crippen LogP contribution in [0.1, 0.15) is 104 Å². The first-order valence-electron chi connectivity index (χ1n) is 12.9. The molecule has 0 rings (SSSR count). The number of hydrogen-bond acceptors (Lipinski definition) is 6. The summed E-state index contributed by atoms with van der Waals surface area (Å²) < 4.78 is 27.8. The lowest BCUT2D eigenvalue weighted by atomic mass is 10.1. The van der Waals surface area contributed by atoms with E-state index in [2.05, 4.69) is 12.2 Å². The fourth-order valence-electron chi connectivity index (χ4n) is 3.17. The number of phosphoric ester groups is 1. The van der Waals surface area contributed by atoms with Crippen molar-refractivity contribution in [3.63, 3.8) is 0 Å². The fraction of sp³-hybridized carbons (Fsp3) is 0.958. The molecule has 8 nitrogen and oxygen atoms in total. The van der Waals surface area contributed by atoms with Gasteiger partial charge < -0.3 is 19.4 Å². The van der Waals surface area contributed by atoms with Crippen LogP contribution in [0.25, 0.3) is 0 Å². The molecule has 0 aliphatic heterocycles. The lowest BCUT2D eigenvalue weighted by Crippen LogP contribution is -2.37. The number of quaternary nitrogens is 1. The molecule has 1 amide bonds. The second-order valence-electron chi connectivity index (χ2n) is 9.80. The van der Waals surface area contributed by atoms with E-state index in [9.17, 15) is 14.3 Å². The molecule has 0 aliphatic rings. The van der Waals surface area contributed by atoms with Crippen molar-refractivity contribution in [2.75, 3.05) is 41.0 Å². The number of unbranched alkanes of at least 4 members (excludes halogenated alkanes) is 10. The highest BCUT2D eigenvalue weighted by Gasteiger charge is 2.20. The van der Waals surface area contributed by atoms with Crippen molar-refractivity contribution in [3.8, 4) is 0 Å². The van der Waals surface area contributed by atoms with E-state index in [-0.39, 0.29) is 12.6 Å². The molecule has 0 saturated carbocycles. The van der Waals surface area contributed by atoms with Crippen molar-refractivity contribution in [2.24, 2.45) is 0 Å². The van der Waals surface area contributed by atoms with Crippen LogP contribution in [0.3, 0.4) is 0 Å². The van der Waals surface area contributed by atoms with Gasteiger partial charge in [0.05, 0.1) is 21.1 Å². The molecule has 33 heavy (non-hydrogen) atoms.